The van der Waals surface area contributed by atoms with Crippen molar-refractivity contribution in [2.24, 2.45) is 0 Å². The molecule has 0 saturated heterocycles. The molecule has 0 fully saturated rings. The molecular formula is C41H26N4. The molecule has 6 aromatic carbocycles. The van der Waals surface area contributed by atoms with Crippen LogP contribution in [-0.2, 0) is 0 Å². The lowest BCUT2D eigenvalue weighted by atomic mass is 10.1. The van der Waals surface area contributed by atoms with Crippen molar-refractivity contribution in [3.63, 3.8) is 0 Å². The number of hydrogen-bond acceptors (Lipinski definition) is 1. The summed E-state index contributed by atoms with van der Waals surface area (Å²) in [6, 6.07) is -3.98. The SMILES string of the molecule is [2H]c1cc2c3c(-n4c5c([2H])c([2H])c(-n6c7c([2H])c([2H])c([2H])c([2H])c7c7c([2H])c([2H])c([2H])c([2H])c76)nc5c5c([2H])c([2H])c([2H])c([2H])c54)c([2H])c([2H])c([2H])c3n(-c3ccccc3)c2c([2H])c1[2H]. The summed E-state index contributed by atoms with van der Waals surface area (Å²) in [5.41, 5.74) is -2.19. The molecule has 10 aromatic rings. The summed E-state index contributed by atoms with van der Waals surface area (Å²) in [5, 5.41) is -1.10. The highest BCUT2D eigenvalue weighted by molar-refractivity contribution is 6.16. The molecule has 0 aliphatic heterocycles. The van der Waals surface area contributed by atoms with E-state index in [1.807, 2.05) is 0 Å². The third kappa shape index (κ3) is 3.34. The van der Waals surface area contributed by atoms with Gasteiger partial charge in [0.25, 0.3) is 0 Å². The van der Waals surface area contributed by atoms with Crippen molar-refractivity contribution in [1.82, 2.24) is 18.7 Å². The number of pyridine rings is 1. The maximum Gasteiger partial charge on any atom is 0.138 e. The molecular weight excluding hydrogens is 548 g/mol. The Bertz CT molecular complexity index is 3810. The van der Waals surface area contributed by atoms with Crippen molar-refractivity contribution in [3.05, 3.63) is 157 Å². The summed E-state index contributed by atoms with van der Waals surface area (Å²) in [6.07, 6.45) is 0. The predicted octanol–water partition coefficient (Wildman–Crippen LogP) is 10.4. The molecule has 210 valence electrons. The van der Waals surface area contributed by atoms with Crippen LogP contribution in [0, 0.1) is 0 Å². The molecule has 0 radical (unpaired) electrons. The van der Waals surface area contributed by atoms with Crippen molar-refractivity contribution in [1.29, 1.82) is 0 Å². The molecule has 0 bridgehead atoms. The molecule has 0 unspecified atom stereocenters. The summed E-state index contributed by atoms with van der Waals surface area (Å²) >= 11 is 0. The smallest absolute Gasteiger partial charge is 0.138 e. The van der Waals surface area contributed by atoms with Crippen LogP contribution in [0.5, 0.6) is 0 Å². The van der Waals surface area contributed by atoms with Crippen LogP contribution in [0.1, 0.15) is 27.4 Å². The van der Waals surface area contributed by atoms with Gasteiger partial charge >= 0.3 is 0 Å². The van der Waals surface area contributed by atoms with Crippen LogP contribution in [0.25, 0.3) is 82.7 Å². The van der Waals surface area contributed by atoms with E-state index in [0.29, 0.717) is 5.69 Å². The summed E-state index contributed by atoms with van der Waals surface area (Å²) in [4.78, 5) is 4.72. The first-order valence-corrected chi connectivity index (χ1v) is 13.7. The zero-order valence-electron chi connectivity index (χ0n) is 42.8. The van der Waals surface area contributed by atoms with Crippen molar-refractivity contribution >= 4 is 65.5 Å². The molecule has 0 amide bonds. The average molecular weight is 595 g/mol. The third-order valence-electron chi connectivity index (χ3n) is 7.85. The van der Waals surface area contributed by atoms with Gasteiger partial charge in [0.1, 0.15) is 5.82 Å². The van der Waals surface area contributed by atoms with Crippen molar-refractivity contribution in [2.75, 3.05) is 0 Å². The third-order valence-corrected chi connectivity index (χ3v) is 7.85. The van der Waals surface area contributed by atoms with E-state index in [2.05, 4.69) is 0 Å². The molecule has 0 aliphatic carbocycles. The Morgan fingerprint density at radius 1 is 0.422 bits per heavy atom. The number of para-hydroxylation sites is 5. The van der Waals surface area contributed by atoms with Crippen LogP contribution < -0.4 is 0 Å². The number of rotatable bonds is 3. The Morgan fingerprint density at radius 3 is 1.76 bits per heavy atom. The van der Waals surface area contributed by atoms with E-state index < -0.39 is 154 Å². The Kier molecular flexibility index (Phi) is 2.47. The van der Waals surface area contributed by atoms with Crippen molar-refractivity contribution < 1.29 is 27.4 Å². The van der Waals surface area contributed by atoms with Gasteiger partial charge in [0.15, 0.2) is 0 Å². The minimum atomic E-state index is -0.825. The highest BCUT2D eigenvalue weighted by Gasteiger charge is 2.21. The van der Waals surface area contributed by atoms with E-state index >= 15 is 0 Å². The van der Waals surface area contributed by atoms with Crippen molar-refractivity contribution in [2.45, 2.75) is 0 Å². The van der Waals surface area contributed by atoms with E-state index in [0.717, 1.165) is 9.13 Å². The lowest BCUT2D eigenvalue weighted by Gasteiger charge is -2.12. The fourth-order valence-electron chi connectivity index (χ4n) is 6.05. The van der Waals surface area contributed by atoms with Crippen LogP contribution in [0.15, 0.2) is 157 Å². The molecule has 4 heteroatoms. The topological polar surface area (TPSA) is 27.7 Å². The minimum absolute atomic E-state index is 0.00259. The molecule has 0 atom stereocenters. The molecule has 4 nitrogen and oxygen atoms in total. The normalized spacial score (nSPS) is 18.2. The van der Waals surface area contributed by atoms with Crippen molar-refractivity contribution in [3.8, 4) is 17.2 Å². The first-order valence-electron chi connectivity index (χ1n) is 23.7. The summed E-state index contributed by atoms with van der Waals surface area (Å²) in [6.45, 7) is 0. The number of hydrogen-bond donors (Lipinski definition) is 0. The Labute approximate surface area is 286 Å². The molecule has 0 spiro atoms. The van der Waals surface area contributed by atoms with Crippen LogP contribution in [0.2, 0.25) is 0 Å². The van der Waals surface area contributed by atoms with Gasteiger partial charge in [0.2, 0.25) is 0 Å². The molecule has 0 saturated carbocycles. The van der Waals surface area contributed by atoms with Gasteiger partial charge in [-0.15, -0.1) is 0 Å². The van der Waals surface area contributed by atoms with E-state index in [-0.39, 0.29) is 43.7 Å². The maximum atomic E-state index is 9.72. The summed E-state index contributed by atoms with van der Waals surface area (Å²) < 4.78 is 182. The van der Waals surface area contributed by atoms with E-state index in [1.165, 1.54) is 10.6 Å². The minimum Gasteiger partial charge on any atom is -0.309 e. The van der Waals surface area contributed by atoms with Gasteiger partial charge in [0, 0.05) is 32.6 Å². The van der Waals surface area contributed by atoms with E-state index in [9.17, 15) is 8.22 Å². The maximum absolute atomic E-state index is 9.72. The second-order valence-electron chi connectivity index (χ2n) is 10.1. The first-order chi connectivity index (χ1) is 30.7. The fraction of sp³-hybridized carbons (Fsp3) is 0. The summed E-state index contributed by atoms with van der Waals surface area (Å²) in [5.74, 6) is -0.621. The number of nitrogens with zero attached hydrogens (tertiary/aromatic N) is 4. The molecule has 4 heterocycles. The highest BCUT2D eigenvalue weighted by Crippen LogP contribution is 2.40. The fourth-order valence-corrected chi connectivity index (χ4v) is 6.05. The van der Waals surface area contributed by atoms with Gasteiger partial charge in [-0.05, 0) is 60.5 Å². The first kappa shape index (κ1) is 12.1. The molecule has 0 aliphatic rings. The van der Waals surface area contributed by atoms with Gasteiger partial charge in [-0.1, -0.05) is 96.8 Å². The van der Waals surface area contributed by atoms with E-state index in [4.69, 9.17) is 24.2 Å². The lowest BCUT2D eigenvalue weighted by molar-refractivity contribution is 1.10. The van der Waals surface area contributed by atoms with Gasteiger partial charge in [-0.25, -0.2) is 4.98 Å². The Morgan fingerprint density at radius 2 is 1.02 bits per heavy atom. The Balaban J connectivity index is 1.49. The van der Waals surface area contributed by atoms with Gasteiger partial charge < -0.3 is 9.13 Å². The second kappa shape index (κ2) is 9.18. The molecule has 0 N–H and O–H groups in total. The molecule has 45 heavy (non-hydrogen) atoms. The van der Waals surface area contributed by atoms with Gasteiger partial charge in [-0.2, -0.15) is 0 Å². The standard InChI is InChI=1S/C41H26N4/c1-2-13-27(14-3-1)43-34-21-10-6-17-30(34)40-36(43)23-12-24-37(40)44-35-22-11-7-18-31(35)41-38(44)25-26-39(42-41)45-32-19-8-4-15-28(32)29-16-5-9-20-33(29)45/h1-26H/i4D,5D,6D,7D,8D,9D,10D,11D,12D,15D,16D,18D,19D,20D,21D,22D,23D,24D,25D,26D. The summed E-state index contributed by atoms with van der Waals surface area (Å²) in [7, 11) is 0. The zero-order chi connectivity index (χ0) is 46.9. The number of benzene rings is 6. The quantitative estimate of drug-likeness (QED) is 0.200. The van der Waals surface area contributed by atoms with Crippen LogP contribution in [0.4, 0.5) is 0 Å². The second-order valence-corrected chi connectivity index (χ2v) is 10.1. The van der Waals surface area contributed by atoms with Crippen LogP contribution >= 0.6 is 0 Å². The highest BCUT2D eigenvalue weighted by atomic mass is 15.1. The largest absolute Gasteiger partial charge is 0.309 e. The van der Waals surface area contributed by atoms with E-state index in [1.54, 1.807) is 30.3 Å². The van der Waals surface area contributed by atoms with Gasteiger partial charge in [-0.3, -0.25) is 4.57 Å². The van der Waals surface area contributed by atoms with Gasteiger partial charge in [0.05, 0.1) is 71.7 Å². The molecule has 10 rings (SSSR count). The molecule has 4 aromatic heterocycles. The predicted molar refractivity (Wildman–Crippen MR) is 187 cm³/mol. The Hall–Kier alpha value is -6.13. The van der Waals surface area contributed by atoms with Crippen LogP contribution in [0.3, 0.4) is 0 Å². The number of fused-ring (bicyclic) bond motifs is 9. The zero-order valence-corrected chi connectivity index (χ0v) is 22.8. The number of aromatic nitrogens is 4. The van der Waals surface area contributed by atoms with Crippen LogP contribution in [-0.4, -0.2) is 18.7 Å². The monoisotopic (exact) mass is 594 g/mol. The average Bonchev–Trinajstić information content (AvgIpc) is 3.94. The lowest BCUT2D eigenvalue weighted by Crippen LogP contribution is -1.99.